The molecule has 18 heavy (non-hydrogen) atoms. The lowest BCUT2D eigenvalue weighted by atomic mass is 10.1. The molecule has 1 aromatic carbocycles. The van der Waals surface area contributed by atoms with Crippen LogP contribution in [0.3, 0.4) is 0 Å². The van der Waals surface area contributed by atoms with E-state index in [0.29, 0.717) is 12.1 Å². The van der Waals surface area contributed by atoms with Crippen LogP contribution < -0.4 is 5.73 Å². The van der Waals surface area contributed by atoms with Crippen LogP contribution in [0, 0.1) is 0 Å². The van der Waals surface area contributed by atoms with Crippen LogP contribution >= 0.6 is 11.8 Å². The van der Waals surface area contributed by atoms with Crippen LogP contribution in [0.1, 0.15) is 32.1 Å². The number of ether oxygens (including phenoxy) is 1. The van der Waals surface area contributed by atoms with Crippen LogP contribution in [-0.2, 0) is 4.74 Å². The van der Waals surface area contributed by atoms with Crippen molar-refractivity contribution in [3.63, 3.8) is 0 Å². The Morgan fingerprint density at radius 1 is 1.33 bits per heavy atom. The lowest BCUT2D eigenvalue weighted by molar-refractivity contribution is 0.102. The van der Waals surface area contributed by atoms with Crippen LogP contribution in [0.15, 0.2) is 35.2 Å². The van der Waals surface area contributed by atoms with Gasteiger partial charge in [-0.15, -0.1) is 11.8 Å². The van der Waals surface area contributed by atoms with Crippen LogP contribution in [0.25, 0.3) is 0 Å². The second-order valence-corrected chi connectivity index (χ2v) is 6.04. The van der Waals surface area contributed by atoms with E-state index in [2.05, 4.69) is 24.3 Å². The van der Waals surface area contributed by atoms with Crippen molar-refractivity contribution in [3.8, 4) is 0 Å². The van der Waals surface area contributed by atoms with Gasteiger partial charge in [0.05, 0.1) is 6.10 Å². The van der Waals surface area contributed by atoms with Crippen LogP contribution in [0.5, 0.6) is 0 Å². The highest BCUT2D eigenvalue weighted by atomic mass is 32.2. The zero-order valence-corrected chi connectivity index (χ0v) is 11.7. The molecule has 1 heterocycles. The summed E-state index contributed by atoms with van der Waals surface area (Å²) >= 11 is 1.85. The number of thioether (sulfide) groups is 1. The van der Waals surface area contributed by atoms with E-state index in [4.69, 9.17) is 10.5 Å². The van der Waals surface area contributed by atoms with Crippen molar-refractivity contribution in [2.24, 2.45) is 5.73 Å². The Morgan fingerprint density at radius 3 is 2.89 bits per heavy atom. The fourth-order valence-electron chi connectivity index (χ4n) is 2.28. The van der Waals surface area contributed by atoms with Crippen molar-refractivity contribution >= 4 is 11.8 Å². The maximum absolute atomic E-state index is 6.14. The fourth-order valence-corrected chi connectivity index (χ4v) is 3.21. The van der Waals surface area contributed by atoms with E-state index < -0.39 is 0 Å². The molecule has 2 rings (SSSR count). The Morgan fingerprint density at radius 2 is 2.17 bits per heavy atom. The van der Waals surface area contributed by atoms with Gasteiger partial charge >= 0.3 is 0 Å². The Bertz CT molecular complexity index is 325. The predicted octanol–water partition coefficient (Wildman–Crippen LogP) is 3.46. The van der Waals surface area contributed by atoms with Gasteiger partial charge in [0.25, 0.3) is 0 Å². The smallest absolute Gasteiger partial charge is 0.0576 e. The van der Waals surface area contributed by atoms with Gasteiger partial charge in [-0.1, -0.05) is 18.2 Å². The summed E-state index contributed by atoms with van der Waals surface area (Å²) in [6.45, 7) is 0.959. The Labute approximate surface area is 114 Å². The molecule has 3 heteroatoms. The monoisotopic (exact) mass is 265 g/mol. The highest BCUT2D eigenvalue weighted by molar-refractivity contribution is 7.99. The molecule has 1 fully saturated rings. The summed E-state index contributed by atoms with van der Waals surface area (Å²) in [7, 11) is 0. The molecule has 0 spiro atoms. The summed E-state index contributed by atoms with van der Waals surface area (Å²) in [6.07, 6.45) is 6.48. The summed E-state index contributed by atoms with van der Waals surface area (Å²) in [5.74, 6) is 1.01. The van der Waals surface area contributed by atoms with E-state index >= 15 is 0 Å². The molecule has 0 amide bonds. The summed E-state index contributed by atoms with van der Waals surface area (Å²) < 4.78 is 5.62. The van der Waals surface area contributed by atoms with Gasteiger partial charge in [-0.25, -0.2) is 0 Å². The van der Waals surface area contributed by atoms with Crippen LogP contribution in [0.4, 0.5) is 0 Å². The van der Waals surface area contributed by atoms with E-state index in [1.165, 1.54) is 30.6 Å². The third-order valence-corrected chi connectivity index (χ3v) is 4.53. The number of nitrogens with two attached hydrogens (primary N) is 1. The normalized spacial score (nSPS) is 21.1. The first-order valence-electron chi connectivity index (χ1n) is 6.89. The number of hydrogen-bond acceptors (Lipinski definition) is 3. The fraction of sp³-hybridized carbons (Fsp3) is 0.600. The first-order valence-corrected chi connectivity index (χ1v) is 7.88. The average molecular weight is 265 g/mol. The van der Waals surface area contributed by atoms with Gasteiger partial charge in [0.2, 0.25) is 0 Å². The highest BCUT2D eigenvalue weighted by Gasteiger charge is 2.15. The largest absolute Gasteiger partial charge is 0.378 e. The highest BCUT2D eigenvalue weighted by Crippen LogP contribution is 2.21. The van der Waals surface area contributed by atoms with E-state index in [1.54, 1.807) is 0 Å². The van der Waals surface area contributed by atoms with Crippen LogP contribution in [-0.4, -0.2) is 24.5 Å². The second kappa shape index (κ2) is 7.82. The minimum atomic E-state index is 0.302. The molecular formula is C15H23NOS. The van der Waals surface area contributed by atoms with E-state index in [9.17, 15) is 0 Å². The molecule has 2 N–H and O–H groups in total. The molecule has 100 valence electrons. The number of rotatable bonds is 7. The third kappa shape index (κ3) is 5.01. The molecule has 0 aliphatic carbocycles. The molecule has 1 aliphatic heterocycles. The zero-order valence-electron chi connectivity index (χ0n) is 10.9. The Hall–Kier alpha value is -0.510. The van der Waals surface area contributed by atoms with Crippen molar-refractivity contribution in [1.82, 2.24) is 0 Å². The minimum absolute atomic E-state index is 0.302. The standard InChI is InChI=1S/C15H23NOS/c16-13(6-4-7-14-8-5-11-17-14)12-18-15-9-2-1-3-10-15/h1-3,9-10,13-14H,4-8,11-12,16H2. The van der Waals surface area contributed by atoms with Crippen molar-refractivity contribution in [2.45, 2.75) is 49.1 Å². The lowest BCUT2D eigenvalue weighted by Gasteiger charge is -2.13. The third-order valence-electron chi connectivity index (χ3n) is 3.33. The summed E-state index contributed by atoms with van der Waals surface area (Å²) in [5, 5.41) is 0. The summed E-state index contributed by atoms with van der Waals surface area (Å²) in [6, 6.07) is 10.8. The molecule has 1 aromatic rings. The Balaban J connectivity index is 1.56. The maximum Gasteiger partial charge on any atom is 0.0576 e. The van der Waals surface area contributed by atoms with Crippen LogP contribution in [0.2, 0.25) is 0 Å². The SMILES string of the molecule is NC(CCCC1CCCO1)CSc1ccccc1. The van der Waals surface area contributed by atoms with Gasteiger partial charge in [-0.3, -0.25) is 0 Å². The molecule has 1 aliphatic rings. The molecule has 0 saturated carbocycles. The van der Waals surface area contributed by atoms with Crippen molar-refractivity contribution in [2.75, 3.05) is 12.4 Å². The van der Waals surface area contributed by atoms with Crippen molar-refractivity contribution < 1.29 is 4.74 Å². The van der Waals surface area contributed by atoms with E-state index in [0.717, 1.165) is 18.8 Å². The van der Waals surface area contributed by atoms with Crippen molar-refractivity contribution in [3.05, 3.63) is 30.3 Å². The number of benzene rings is 1. The quantitative estimate of drug-likeness (QED) is 0.767. The van der Waals surface area contributed by atoms with Crippen molar-refractivity contribution in [1.29, 1.82) is 0 Å². The van der Waals surface area contributed by atoms with Gasteiger partial charge in [0, 0.05) is 23.3 Å². The molecule has 1 saturated heterocycles. The molecule has 2 atom stereocenters. The maximum atomic E-state index is 6.14. The Kier molecular flexibility index (Phi) is 6.05. The van der Waals surface area contributed by atoms with E-state index in [-0.39, 0.29) is 0 Å². The minimum Gasteiger partial charge on any atom is -0.378 e. The summed E-state index contributed by atoms with van der Waals surface area (Å²) in [4.78, 5) is 1.31. The van der Waals surface area contributed by atoms with Gasteiger partial charge in [-0.05, 0) is 44.2 Å². The molecule has 2 nitrogen and oxygen atoms in total. The average Bonchev–Trinajstić information content (AvgIpc) is 2.91. The van der Waals surface area contributed by atoms with Gasteiger partial charge in [0.1, 0.15) is 0 Å². The van der Waals surface area contributed by atoms with Gasteiger partial charge < -0.3 is 10.5 Å². The molecule has 2 unspecified atom stereocenters. The topological polar surface area (TPSA) is 35.2 Å². The van der Waals surface area contributed by atoms with E-state index in [1.807, 2.05) is 17.8 Å². The first kappa shape index (κ1) is 13.9. The molecule has 0 aromatic heterocycles. The lowest BCUT2D eigenvalue weighted by Crippen LogP contribution is -2.23. The van der Waals surface area contributed by atoms with Gasteiger partial charge in [-0.2, -0.15) is 0 Å². The number of hydrogen-bond donors (Lipinski definition) is 1. The van der Waals surface area contributed by atoms with Gasteiger partial charge in [0.15, 0.2) is 0 Å². The molecule has 0 bridgehead atoms. The second-order valence-electron chi connectivity index (χ2n) is 4.95. The zero-order chi connectivity index (χ0) is 12.6. The summed E-state index contributed by atoms with van der Waals surface area (Å²) in [5.41, 5.74) is 6.14. The predicted molar refractivity (Wildman–Crippen MR) is 78.0 cm³/mol. The molecular weight excluding hydrogens is 242 g/mol. The first-order chi connectivity index (χ1) is 8.84. The molecule has 0 radical (unpaired) electrons.